The third-order valence-electron chi connectivity index (χ3n) is 2.38. The Morgan fingerprint density at radius 3 is 2.64 bits per heavy atom. The first-order valence-corrected chi connectivity index (χ1v) is 5.45. The molecule has 0 spiro atoms. The molecule has 0 aliphatic heterocycles. The standard InChI is InChI=1S/C12H17ClO/c1-4-14-12-7-5-6-11(8-12)9(2)10(3)13/h5-10H,4H2,1-3H3. The van der Waals surface area contributed by atoms with Crippen molar-refractivity contribution in [3.05, 3.63) is 29.8 Å². The minimum absolute atomic E-state index is 0.145. The molecule has 1 nitrogen and oxygen atoms in total. The molecule has 2 unspecified atom stereocenters. The number of benzene rings is 1. The maximum atomic E-state index is 6.05. The smallest absolute Gasteiger partial charge is 0.119 e. The van der Waals surface area contributed by atoms with E-state index in [-0.39, 0.29) is 5.38 Å². The predicted octanol–water partition coefficient (Wildman–Crippen LogP) is 3.82. The SMILES string of the molecule is CCOc1cccc(C(C)C(C)Cl)c1. The average molecular weight is 213 g/mol. The highest BCUT2D eigenvalue weighted by Crippen LogP contribution is 2.25. The molecule has 0 N–H and O–H groups in total. The molecule has 2 atom stereocenters. The summed E-state index contributed by atoms with van der Waals surface area (Å²) in [6.45, 7) is 6.83. The van der Waals surface area contributed by atoms with Crippen LogP contribution in [0.15, 0.2) is 24.3 Å². The molecule has 2 heteroatoms. The summed E-state index contributed by atoms with van der Waals surface area (Å²) < 4.78 is 5.43. The van der Waals surface area contributed by atoms with Crippen molar-refractivity contribution >= 4 is 11.6 Å². The molecular weight excluding hydrogens is 196 g/mol. The summed E-state index contributed by atoms with van der Waals surface area (Å²) in [6, 6.07) is 8.13. The second-order valence-corrected chi connectivity index (χ2v) is 4.16. The van der Waals surface area contributed by atoms with Gasteiger partial charge in [-0.1, -0.05) is 19.1 Å². The van der Waals surface area contributed by atoms with Crippen LogP contribution in [-0.4, -0.2) is 12.0 Å². The van der Waals surface area contributed by atoms with Crippen molar-refractivity contribution in [2.75, 3.05) is 6.61 Å². The fourth-order valence-corrected chi connectivity index (χ4v) is 1.46. The molecule has 78 valence electrons. The molecule has 0 radical (unpaired) electrons. The van der Waals surface area contributed by atoms with E-state index < -0.39 is 0 Å². The van der Waals surface area contributed by atoms with Crippen LogP contribution in [-0.2, 0) is 0 Å². The van der Waals surface area contributed by atoms with Gasteiger partial charge in [0.05, 0.1) is 6.61 Å². The largest absolute Gasteiger partial charge is 0.494 e. The molecule has 0 bridgehead atoms. The Balaban J connectivity index is 2.82. The van der Waals surface area contributed by atoms with Gasteiger partial charge in [0.2, 0.25) is 0 Å². The monoisotopic (exact) mass is 212 g/mol. The van der Waals surface area contributed by atoms with E-state index in [1.165, 1.54) is 5.56 Å². The molecule has 14 heavy (non-hydrogen) atoms. The zero-order valence-electron chi connectivity index (χ0n) is 8.96. The van der Waals surface area contributed by atoms with E-state index in [9.17, 15) is 0 Å². The first kappa shape index (κ1) is 11.4. The Morgan fingerprint density at radius 2 is 2.07 bits per heavy atom. The number of hydrogen-bond donors (Lipinski definition) is 0. The van der Waals surface area contributed by atoms with Crippen LogP contribution < -0.4 is 4.74 Å². The Bertz CT molecular complexity index is 283. The van der Waals surface area contributed by atoms with Crippen LogP contribution in [0.3, 0.4) is 0 Å². The fourth-order valence-electron chi connectivity index (χ4n) is 1.32. The van der Waals surface area contributed by atoms with Gasteiger partial charge in [0.25, 0.3) is 0 Å². The summed E-state index contributed by atoms with van der Waals surface area (Å²) in [5.41, 5.74) is 1.23. The second kappa shape index (κ2) is 5.26. The Hall–Kier alpha value is -0.690. The zero-order valence-corrected chi connectivity index (χ0v) is 9.71. The van der Waals surface area contributed by atoms with E-state index in [1.54, 1.807) is 0 Å². The highest BCUT2D eigenvalue weighted by atomic mass is 35.5. The minimum Gasteiger partial charge on any atom is -0.494 e. The average Bonchev–Trinajstić information content (AvgIpc) is 2.17. The summed E-state index contributed by atoms with van der Waals surface area (Å²) in [6.07, 6.45) is 0. The number of alkyl halides is 1. The summed E-state index contributed by atoms with van der Waals surface area (Å²) in [7, 11) is 0. The summed E-state index contributed by atoms with van der Waals surface area (Å²) >= 11 is 6.05. The van der Waals surface area contributed by atoms with Crippen LogP contribution in [0, 0.1) is 0 Å². The summed E-state index contributed by atoms with van der Waals surface area (Å²) in [4.78, 5) is 0. The van der Waals surface area contributed by atoms with Gasteiger partial charge in [-0.2, -0.15) is 0 Å². The van der Waals surface area contributed by atoms with E-state index in [4.69, 9.17) is 16.3 Å². The van der Waals surface area contributed by atoms with E-state index in [0.717, 1.165) is 5.75 Å². The number of hydrogen-bond acceptors (Lipinski definition) is 1. The van der Waals surface area contributed by atoms with Gasteiger partial charge < -0.3 is 4.74 Å². The molecule has 0 aromatic heterocycles. The molecule has 0 heterocycles. The first-order valence-electron chi connectivity index (χ1n) is 5.02. The Kier molecular flexibility index (Phi) is 4.27. The molecule has 1 aromatic rings. The third kappa shape index (κ3) is 2.91. The van der Waals surface area contributed by atoms with Gasteiger partial charge >= 0.3 is 0 Å². The molecule has 0 aliphatic carbocycles. The molecule has 0 fully saturated rings. The van der Waals surface area contributed by atoms with E-state index in [2.05, 4.69) is 19.1 Å². The van der Waals surface area contributed by atoms with Gasteiger partial charge in [0.15, 0.2) is 0 Å². The quantitative estimate of drug-likeness (QED) is 0.690. The topological polar surface area (TPSA) is 9.23 Å². The normalized spacial score (nSPS) is 14.9. The Morgan fingerprint density at radius 1 is 1.36 bits per heavy atom. The van der Waals surface area contributed by atoms with E-state index >= 15 is 0 Å². The number of halogens is 1. The van der Waals surface area contributed by atoms with Crippen molar-refractivity contribution in [2.45, 2.75) is 32.1 Å². The molecule has 0 amide bonds. The number of rotatable bonds is 4. The highest BCUT2D eigenvalue weighted by molar-refractivity contribution is 6.20. The van der Waals surface area contributed by atoms with Gasteiger partial charge in [-0.3, -0.25) is 0 Å². The van der Waals surface area contributed by atoms with Crippen LogP contribution in [0.4, 0.5) is 0 Å². The predicted molar refractivity (Wildman–Crippen MR) is 61.3 cm³/mol. The summed E-state index contributed by atoms with van der Waals surface area (Å²) in [5, 5.41) is 0.145. The highest BCUT2D eigenvalue weighted by Gasteiger charge is 2.11. The van der Waals surface area contributed by atoms with Crippen molar-refractivity contribution < 1.29 is 4.74 Å². The zero-order chi connectivity index (χ0) is 10.6. The lowest BCUT2D eigenvalue weighted by Crippen LogP contribution is -2.05. The van der Waals surface area contributed by atoms with Gasteiger partial charge in [-0.15, -0.1) is 11.6 Å². The van der Waals surface area contributed by atoms with Gasteiger partial charge in [0, 0.05) is 5.38 Å². The van der Waals surface area contributed by atoms with Crippen LogP contribution in [0.25, 0.3) is 0 Å². The van der Waals surface area contributed by atoms with E-state index in [1.807, 2.05) is 26.0 Å². The lowest BCUT2D eigenvalue weighted by molar-refractivity contribution is 0.339. The summed E-state index contributed by atoms with van der Waals surface area (Å²) in [5.74, 6) is 1.28. The minimum atomic E-state index is 0.145. The lowest BCUT2D eigenvalue weighted by atomic mass is 9.98. The van der Waals surface area contributed by atoms with E-state index in [0.29, 0.717) is 12.5 Å². The van der Waals surface area contributed by atoms with Crippen LogP contribution >= 0.6 is 11.6 Å². The third-order valence-corrected chi connectivity index (χ3v) is 2.76. The van der Waals surface area contributed by atoms with Crippen LogP contribution in [0.1, 0.15) is 32.3 Å². The first-order chi connectivity index (χ1) is 6.65. The van der Waals surface area contributed by atoms with Crippen LogP contribution in [0.2, 0.25) is 0 Å². The lowest BCUT2D eigenvalue weighted by Gasteiger charge is -2.15. The molecule has 0 saturated carbocycles. The Labute approximate surface area is 91.0 Å². The molecule has 1 aromatic carbocycles. The second-order valence-electron chi connectivity index (χ2n) is 3.47. The molecular formula is C12H17ClO. The van der Waals surface area contributed by atoms with Gasteiger partial charge in [-0.05, 0) is 37.5 Å². The maximum absolute atomic E-state index is 6.05. The van der Waals surface area contributed by atoms with Crippen molar-refractivity contribution in [2.24, 2.45) is 0 Å². The van der Waals surface area contributed by atoms with Crippen molar-refractivity contribution in [1.29, 1.82) is 0 Å². The maximum Gasteiger partial charge on any atom is 0.119 e. The molecule has 0 aliphatic rings. The molecule has 0 saturated heterocycles. The van der Waals surface area contributed by atoms with Crippen molar-refractivity contribution in [3.8, 4) is 5.75 Å². The van der Waals surface area contributed by atoms with Crippen molar-refractivity contribution in [3.63, 3.8) is 0 Å². The van der Waals surface area contributed by atoms with Gasteiger partial charge in [0.1, 0.15) is 5.75 Å². The van der Waals surface area contributed by atoms with Crippen LogP contribution in [0.5, 0.6) is 5.75 Å². The number of ether oxygens (including phenoxy) is 1. The van der Waals surface area contributed by atoms with Crippen molar-refractivity contribution in [1.82, 2.24) is 0 Å². The molecule has 1 rings (SSSR count). The van der Waals surface area contributed by atoms with Gasteiger partial charge in [-0.25, -0.2) is 0 Å². The fraction of sp³-hybridized carbons (Fsp3) is 0.500.